The highest BCUT2D eigenvalue weighted by Crippen LogP contribution is 2.31. The van der Waals surface area contributed by atoms with E-state index in [1.54, 1.807) is 0 Å². The van der Waals surface area contributed by atoms with Gasteiger partial charge in [-0.2, -0.15) is 0 Å². The van der Waals surface area contributed by atoms with Crippen LogP contribution in [0.4, 0.5) is 5.69 Å². The Hall–Kier alpha value is -1.58. The summed E-state index contributed by atoms with van der Waals surface area (Å²) in [6.07, 6.45) is 0. The van der Waals surface area contributed by atoms with E-state index < -0.39 is 0 Å². The summed E-state index contributed by atoms with van der Waals surface area (Å²) >= 11 is 0. The highest BCUT2D eigenvalue weighted by molar-refractivity contribution is 5.94. The van der Waals surface area contributed by atoms with Gasteiger partial charge in [-0.1, -0.05) is 36.4 Å². The molecule has 0 heterocycles. The summed E-state index contributed by atoms with van der Waals surface area (Å²) < 4.78 is 5.68. The Morgan fingerprint density at radius 1 is 1.10 bits per heavy atom. The molecule has 21 heavy (non-hydrogen) atoms. The molecule has 0 aliphatic carbocycles. The number of nitrogens with zero attached hydrogens (tertiary/aromatic N) is 1. The first-order chi connectivity index (χ1) is 10.2. The molecule has 0 bridgehead atoms. The van der Waals surface area contributed by atoms with Crippen molar-refractivity contribution in [2.45, 2.75) is 26.3 Å². The lowest BCUT2D eigenvalue weighted by atomic mass is 9.98. The Morgan fingerprint density at radius 2 is 1.81 bits per heavy atom. The van der Waals surface area contributed by atoms with Crippen molar-refractivity contribution in [3.8, 4) is 0 Å². The summed E-state index contributed by atoms with van der Waals surface area (Å²) in [4.78, 5) is 2.37. The number of nitrogens with two attached hydrogens (primary N) is 1. The molecule has 1 atom stereocenters. The lowest BCUT2D eigenvalue weighted by Gasteiger charge is -2.42. The molecule has 3 nitrogen and oxygen atoms in total. The SMILES string of the molecule is CCOCC(C)(CN)N(CC)c1cccc2ccccc12. The molecule has 2 aromatic carbocycles. The largest absolute Gasteiger partial charge is 0.379 e. The van der Waals surface area contributed by atoms with Crippen molar-refractivity contribution in [2.75, 3.05) is 31.2 Å². The zero-order valence-corrected chi connectivity index (χ0v) is 13.3. The second-order valence-corrected chi connectivity index (χ2v) is 5.58. The summed E-state index contributed by atoms with van der Waals surface area (Å²) in [7, 11) is 0. The van der Waals surface area contributed by atoms with Crippen molar-refractivity contribution in [1.82, 2.24) is 0 Å². The van der Waals surface area contributed by atoms with Crippen molar-refractivity contribution in [3.05, 3.63) is 42.5 Å². The quantitative estimate of drug-likeness (QED) is 0.847. The molecule has 1 unspecified atom stereocenters. The average Bonchev–Trinajstić information content (AvgIpc) is 2.54. The second kappa shape index (κ2) is 6.92. The molecule has 0 saturated carbocycles. The minimum Gasteiger partial charge on any atom is -0.379 e. The lowest BCUT2D eigenvalue weighted by Crippen LogP contribution is -2.55. The number of likely N-dealkylation sites (N-methyl/N-ethyl adjacent to an activating group) is 1. The average molecular weight is 286 g/mol. The molecule has 0 fully saturated rings. The highest BCUT2D eigenvalue weighted by Gasteiger charge is 2.30. The molecule has 0 radical (unpaired) electrons. The first kappa shape index (κ1) is 15.8. The van der Waals surface area contributed by atoms with Gasteiger partial charge < -0.3 is 15.4 Å². The maximum absolute atomic E-state index is 6.08. The highest BCUT2D eigenvalue weighted by atomic mass is 16.5. The van der Waals surface area contributed by atoms with Gasteiger partial charge in [-0.25, -0.2) is 0 Å². The van der Waals surface area contributed by atoms with Crippen LogP contribution in [-0.2, 0) is 4.74 Å². The molecule has 0 aromatic heterocycles. The number of fused-ring (bicyclic) bond motifs is 1. The van der Waals surface area contributed by atoms with E-state index in [0.717, 1.165) is 6.54 Å². The maximum Gasteiger partial charge on any atom is 0.0728 e. The van der Waals surface area contributed by atoms with Crippen LogP contribution in [0.1, 0.15) is 20.8 Å². The first-order valence-corrected chi connectivity index (χ1v) is 7.69. The molecule has 0 aliphatic rings. The van der Waals surface area contributed by atoms with Gasteiger partial charge in [0, 0.05) is 30.8 Å². The molecule has 0 aliphatic heterocycles. The van der Waals surface area contributed by atoms with E-state index in [-0.39, 0.29) is 5.54 Å². The van der Waals surface area contributed by atoms with Gasteiger partial charge >= 0.3 is 0 Å². The van der Waals surface area contributed by atoms with Crippen LogP contribution in [-0.4, -0.2) is 31.8 Å². The van der Waals surface area contributed by atoms with Crippen LogP contribution in [0, 0.1) is 0 Å². The Kier molecular flexibility index (Phi) is 5.21. The fourth-order valence-corrected chi connectivity index (χ4v) is 2.86. The normalized spacial score (nSPS) is 14.1. The molecule has 3 heteroatoms. The third-order valence-electron chi connectivity index (χ3n) is 4.08. The topological polar surface area (TPSA) is 38.5 Å². The van der Waals surface area contributed by atoms with Crippen LogP contribution in [0.2, 0.25) is 0 Å². The molecule has 2 aromatic rings. The second-order valence-electron chi connectivity index (χ2n) is 5.58. The molecule has 0 amide bonds. The molecule has 2 rings (SSSR count). The Balaban J connectivity index is 2.47. The van der Waals surface area contributed by atoms with Gasteiger partial charge in [0.1, 0.15) is 0 Å². The van der Waals surface area contributed by atoms with E-state index in [4.69, 9.17) is 10.5 Å². The fourth-order valence-electron chi connectivity index (χ4n) is 2.86. The van der Waals surface area contributed by atoms with Crippen molar-refractivity contribution < 1.29 is 4.74 Å². The zero-order chi connectivity index (χ0) is 15.3. The van der Waals surface area contributed by atoms with Crippen molar-refractivity contribution in [3.63, 3.8) is 0 Å². The summed E-state index contributed by atoms with van der Waals surface area (Å²) in [6.45, 7) is 9.17. The van der Waals surface area contributed by atoms with Crippen LogP contribution in [0.5, 0.6) is 0 Å². The Labute approximate surface area is 127 Å². The van der Waals surface area contributed by atoms with Crippen molar-refractivity contribution in [2.24, 2.45) is 5.73 Å². The smallest absolute Gasteiger partial charge is 0.0728 e. The maximum atomic E-state index is 6.08. The number of anilines is 1. The van der Waals surface area contributed by atoms with Gasteiger partial charge in [-0.15, -0.1) is 0 Å². The van der Waals surface area contributed by atoms with E-state index in [2.05, 4.69) is 61.2 Å². The van der Waals surface area contributed by atoms with E-state index in [1.807, 2.05) is 6.92 Å². The van der Waals surface area contributed by atoms with Gasteiger partial charge in [-0.05, 0) is 32.2 Å². The lowest BCUT2D eigenvalue weighted by molar-refractivity contribution is 0.100. The monoisotopic (exact) mass is 286 g/mol. The number of benzene rings is 2. The van der Waals surface area contributed by atoms with Gasteiger partial charge in [0.2, 0.25) is 0 Å². The van der Waals surface area contributed by atoms with E-state index in [9.17, 15) is 0 Å². The Bertz CT molecular complexity index is 579. The summed E-state index contributed by atoms with van der Waals surface area (Å²) in [5.41, 5.74) is 7.11. The first-order valence-electron chi connectivity index (χ1n) is 7.69. The Morgan fingerprint density at radius 3 is 2.48 bits per heavy atom. The van der Waals surface area contributed by atoms with Gasteiger partial charge in [-0.3, -0.25) is 0 Å². The van der Waals surface area contributed by atoms with Gasteiger partial charge in [0.25, 0.3) is 0 Å². The predicted octanol–water partition coefficient (Wildman–Crippen LogP) is 3.42. The third-order valence-corrected chi connectivity index (χ3v) is 4.08. The zero-order valence-electron chi connectivity index (χ0n) is 13.3. The van der Waals surface area contributed by atoms with Crippen LogP contribution >= 0.6 is 0 Å². The van der Waals surface area contributed by atoms with Crippen molar-refractivity contribution >= 4 is 16.5 Å². The van der Waals surface area contributed by atoms with Crippen molar-refractivity contribution in [1.29, 1.82) is 0 Å². The fraction of sp³-hybridized carbons (Fsp3) is 0.444. The van der Waals surface area contributed by atoms with Gasteiger partial charge in [0.15, 0.2) is 0 Å². The summed E-state index contributed by atoms with van der Waals surface area (Å²) in [5.74, 6) is 0. The number of hydrogen-bond acceptors (Lipinski definition) is 3. The van der Waals surface area contributed by atoms with E-state index in [0.29, 0.717) is 19.8 Å². The number of rotatable bonds is 7. The van der Waals surface area contributed by atoms with E-state index in [1.165, 1.54) is 16.5 Å². The number of ether oxygens (including phenoxy) is 1. The minimum atomic E-state index is -0.200. The van der Waals surface area contributed by atoms with Crippen LogP contribution in [0.3, 0.4) is 0 Å². The van der Waals surface area contributed by atoms with Gasteiger partial charge in [0.05, 0.1) is 12.1 Å². The molecule has 114 valence electrons. The van der Waals surface area contributed by atoms with Crippen LogP contribution < -0.4 is 10.6 Å². The summed E-state index contributed by atoms with van der Waals surface area (Å²) in [6, 6.07) is 14.9. The molecule has 0 spiro atoms. The standard InChI is InChI=1S/C18H26N2O/c1-4-20(18(3,13-19)14-21-5-2)17-12-8-10-15-9-6-7-11-16(15)17/h6-12H,4-5,13-14,19H2,1-3H3. The molecular formula is C18H26N2O. The molecule has 2 N–H and O–H groups in total. The van der Waals surface area contributed by atoms with E-state index >= 15 is 0 Å². The summed E-state index contributed by atoms with van der Waals surface area (Å²) in [5, 5.41) is 2.52. The van der Waals surface area contributed by atoms with Crippen LogP contribution in [0.25, 0.3) is 10.8 Å². The van der Waals surface area contributed by atoms with Crippen LogP contribution in [0.15, 0.2) is 42.5 Å². The number of hydrogen-bond donors (Lipinski definition) is 1. The minimum absolute atomic E-state index is 0.200. The third kappa shape index (κ3) is 3.20. The molecular weight excluding hydrogens is 260 g/mol. The molecule has 0 saturated heterocycles. The predicted molar refractivity (Wildman–Crippen MR) is 90.9 cm³/mol.